The molecule has 27 heavy (non-hydrogen) atoms. The third kappa shape index (κ3) is 6.71. The molecular weight excluding hydrogens is 351 g/mol. The fraction of sp³-hybridized carbons (Fsp3) is 0.300. The molecule has 0 aliphatic carbocycles. The lowest BCUT2D eigenvalue weighted by Crippen LogP contribution is -2.48. The number of benzene rings is 2. The molecule has 2 aromatic rings. The van der Waals surface area contributed by atoms with E-state index in [0.29, 0.717) is 17.9 Å². The van der Waals surface area contributed by atoms with Crippen LogP contribution in [0.5, 0.6) is 5.75 Å². The number of amides is 2. The van der Waals surface area contributed by atoms with Crippen molar-refractivity contribution in [2.75, 3.05) is 13.7 Å². The summed E-state index contributed by atoms with van der Waals surface area (Å²) in [5.74, 6) is -0.332. The molecule has 0 spiro atoms. The summed E-state index contributed by atoms with van der Waals surface area (Å²) in [4.78, 5) is 23.3. The number of rotatable bonds is 9. The first kappa shape index (κ1) is 20.4. The Labute approximate surface area is 157 Å². The van der Waals surface area contributed by atoms with Crippen molar-refractivity contribution in [1.82, 2.24) is 10.6 Å². The molecule has 0 aromatic heterocycles. The highest BCUT2D eigenvalue weighted by Gasteiger charge is 2.18. The van der Waals surface area contributed by atoms with Crippen molar-refractivity contribution in [3.8, 4) is 5.75 Å². The quantitative estimate of drug-likeness (QED) is 0.705. The van der Waals surface area contributed by atoms with Gasteiger partial charge < -0.3 is 20.1 Å². The second-order valence-electron chi connectivity index (χ2n) is 5.95. The van der Waals surface area contributed by atoms with Gasteiger partial charge in [-0.15, -0.1) is 0 Å². The number of carbonyl (C=O) groups excluding carboxylic acids is 2. The van der Waals surface area contributed by atoms with Gasteiger partial charge in [0.25, 0.3) is 0 Å². The van der Waals surface area contributed by atoms with E-state index in [1.54, 1.807) is 42.5 Å². The minimum atomic E-state index is -0.740. The molecule has 0 radical (unpaired) electrons. The monoisotopic (exact) mass is 374 g/mol. The van der Waals surface area contributed by atoms with E-state index in [1.807, 2.05) is 0 Å². The van der Waals surface area contributed by atoms with Crippen LogP contribution in [0.3, 0.4) is 0 Å². The third-order valence-corrected chi connectivity index (χ3v) is 3.77. The molecule has 2 aromatic carbocycles. The highest BCUT2D eigenvalue weighted by atomic mass is 19.1. The highest BCUT2D eigenvalue weighted by molar-refractivity contribution is 5.86. The summed E-state index contributed by atoms with van der Waals surface area (Å²) < 4.78 is 24.1. The molecule has 7 heteroatoms. The van der Waals surface area contributed by atoms with E-state index in [-0.39, 0.29) is 30.8 Å². The van der Waals surface area contributed by atoms with Gasteiger partial charge in [0.2, 0.25) is 11.8 Å². The van der Waals surface area contributed by atoms with Crippen LogP contribution in [0.2, 0.25) is 0 Å². The first-order valence-electron chi connectivity index (χ1n) is 8.48. The zero-order valence-electron chi connectivity index (χ0n) is 15.3. The van der Waals surface area contributed by atoms with Crippen LogP contribution >= 0.6 is 0 Å². The average Bonchev–Trinajstić information content (AvgIpc) is 2.65. The molecule has 2 amide bonds. The standard InChI is InChI=1S/C20H23FN2O4/c1-14(24)23-19(13-26-2)20(25)22-11-15-7-9-17(10-8-15)27-12-16-5-3-4-6-18(16)21/h3-10,19H,11-13H2,1-2H3,(H,22,25)(H,23,24)/t19-/m1/s1. The van der Waals surface area contributed by atoms with Crippen LogP contribution < -0.4 is 15.4 Å². The summed E-state index contributed by atoms with van der Waals surface area (Å²) in [5, 5.41) is 5.29. The van der Waals surface area contributed by atoms with Crippen molar-refractivity contribution >= 4 is 11.8 Å². The second kappa shape index (κ2) is 10.3. The summed E-state index contributed by atoms with van der Waals surface area (Å²) in [6, 6.07) is 12.8. The van der Waals surface area contributed by atoms with Crippen LogP contribution in [-0.4, -0.2) is 31.6 Å². The van der Waals surface area contributed by atoms with Crippen molar-refractivity contribution in [3.05, 3.63) is 65.5 Å². The Balaban J connectivity index is 1.85. The van der Waals surface area contributed by atoms with E-state index in [9.17, 15) is 14.0 Å². The molecule has 0 aliphatic heterocycles. The summed E-state index contributed by atoms with van der Waals surface area (Å²) in [5.41, 5.74) is 1.34. The Morgan fingerprint density at radius 2 is 1.81 bits per heavy atom. The lowest BCUT2D eigenvalue weighted by molar-refractivity contribution is -0.129. The maximum atomic E-state index is 13.6. The first-order valence-corrected chi connectivity index (χ1v) is 8.48. The van der Waals surface area contributed by atoms with E-state index in [4.69, 9.17) is 9.47 Å². The Morgan fingerprint density at radius 3 is 2.44 bits per heavy atom. The smallest absolute Gasteiger partial charge is 0.245 e. The van der Waals surface area contributed by atoms with Crippen LogP contribution in [0.15, 0.2) is 48.5 Å². The zero-order chi connectivity index (χ0) is 19.6. The maximum absolute atomic E-state index is 13.6. The Morgan fingerprint density at radius 1 is 1.11 bits per heavy atom. The van der Waals surface area contributed by atoms with Crippen molar-refractivity contribution in [2.45, 2.75) is 26.1 Å². The Hall–Kier alpha value is -2.93. The fourth-order valence-electron chi connectivity index (χ4n) is 2.39. The molecule has 144 valence electrons. The van der Waals surface area contributed by atoms with Gasteiger partial charge in [-0.25, -0.2) is 4.39 Å². The van der Waals surface area contributed by atoms with E-state index in [0.717, 1.165) is 5.56 Å². The van der Waals surface area contributed by atoms with Gasteiger partial charge in [0, 0.05) is 26.1 Å². The third-order valence-electron chi connectivity index (χ3n) is 3.77. The number of carbonyl (C=O) groups is 2. The second-order valence-corrected chi connectivity index (χ2v) is 5.95. The number of methoxy groups -OCH3 is 1. The number of ether oxygens (including phenoxy) is 2. The molecule has 0 saturated carbocycles. The van der Waals surface area contributed by atoms with Crippen molar-refractivity contribution in [3.63, 3.8) is 0 Å². The molecule has 0 bridgehead atoms. The highest BCUT2D eigenvalue weighted by Crippen LogP contribution is 2.15. The lowest BCUT2D eigenvalue weighted by Gasteiger charge is -2.16. The molecular formula is C20H23FN2O4. The van der Waals surface area contributed by atoms with Gasteiger partial charge in [0.1, 0.15) is 24.2 Å². The zero-order valence-corrected chi connectivity index (χ0v) is 15.3. The fourth-order valence-corrected chi connectivity index (χ4v) is 2.39. The van der Waals surface area contributed by atoms with E-state index >= 15 is 0 Å². The van der Waals surface area contributed by atoms with E-state index < -0.39 is 6.04 Å². The molecule has 6 nitrogen and oxygen atoms in total. The normalized spacial score (nSPS) is 11.5. The molecule has 0 saturated heterocycles. The molecule has 0 aliphatic rings. The number of hydrogen-bond acceptors (Lipinski definition) is 4. The van der Waals surface area contributed by atoms with Gasteiger partial charge in [-0.1, -0.05) is 30.3 Å². The predicted octanol–water partition coefficient (Wildman–Crippen LogP) is 2.17. The van der Waals surface area contributed by atoms with Gasteiger partial charge in [-0.05, 0) is 23.8 Å². The average molecular weight is 374 g/mol. The van der Waals surface area contributed by atoms with Crippen molar-refractivity contribution in [1.29, 1.82) is 0 Å². The molecule has 2 N–H and O–H groups in total. The van der Waals surface area contributed by atoms with Gasteiger partial charge in [0.05, 0.1) is 6.61 Å². The van der Waals surface area contributed by atoms with Gasteiger partial charge in [-0.3, -0.25) is 9.59 Å². The topological polar surface area (TPSA) is 76.7 Å². The van der Waals surface area contributed by atoms with Crippen LogP contribution in [0.25, 0.3) is 0 Å². The molecule has 0 heterocycles. The first-order chi connectivity index (χ1) is 13.0. The Bertz CT molecular complexity index is 765. The minimum absolute atomic E-state index is 0.0915. The number of halogens is 1. The van der Waals surface area contributed by atoms with Gasteiger partial charge >= 0.3 is 0 Å². The van der Waals surface area contributed by atoms with Crippen LogP contribution in [0, 0.1) is 5.82 Å². The van der Waals surface area contributed by atoms with E-state index in [1.165, 1.54) is 20.1 Å². The number of hydrogen-bond donors (Lipinski definition) is 2. The lowest BCUT2D eigenvalue weighted by atomic mass is 10.2. The summed E-state index contributed by atoms with van der Waals surface area (Å²) in [6.45, 7) is 1.87. The van der Waals surface area contributed by atoms with Crippen LogP contribution in [0.1, 0.15) is 18.1 Å². The van der Waals surface area contributed by atoms with Crippen molar-refractivity contribution in [2.24, 2.45) is 0 Å². The molecule has 0 fully saturated rings. The summed E-state index contributed by atoms with van der Waals surface area (Å²) in [7, 11) is 1.46. The molecule has 2 rings (SSSR count). The molecule has 0 unspecified atom stereocenters. The van der Waals surface area contributed by atoms with Crippen molar-refractivity contribution < 1.29 is 23.5 Å². The SMILES string of the molecule is COC[C@@H](NC(C)=O)C(=O)NCc1ccc(OCc2ccccc2F)cc1. The molecule has 1 atom stereocenters. The Kier molecular flexibility index (Phi) is 7.76. The summed E-state index contributed by atoms with van der Waals surface area (Å²) >= 11 is 0. The minimum Gasteiger partial charge on any atom is -0.489 e. The number of nitrogens with one attached hydrogen (secondary N) is 2. The summed E-state index contributed by atoms with van der Waals surface area (Å²) in [6.07, 6.45) is 0. The maximum Gasteiger partial charge on any atom is 0.245 e. The van der Waals surface area contributed by atoms with Crippen LogP contribution in [0.4, 0.5) is 4.39 Å². The van der Waals surface area contributed by atoms with Gasteiger partial charge in [-0.2, -0.15) is 0 Å². The predicted molar refractivity (Wildman–Crippen MR) is 98.5 cm³/mol. The van der Waals surface area contributed by atoms with E-state index in [2.05, 4.69) is 10.6 Å². The van der Waals surface area contributed by atoms with Crippen LogP contribution in [-0.2, 0) is 27.5 Å². The van der Waals surface area contributed by atoms with Gasteiger partial charge in [0.15, 0.2) is 0 Å². The largest absolute Gasteiger partial charge is 0.489 e.